The van der Waals surface area contributed by atoms with E-state index in [0.29, 0.717) is 0 Å². The van der Waals surface area contributed by atoms with Crippen molar-refractivity contribution in [3.05, 3.63) is 34.7 Å². The largest absolute Gasteiger partial charge is 0.330 e. The zero-order valence-electron chi connectivity index (χ0n) is 7.71. The molecule has 2 aromatic rings. The number of aryl methyl sites for hydroxylation is 1. The minimum Gasteiger partial charge on any atom is -0.330 e. The summed E-state index contributed by atoms with van der Waals surface area (Å²) < 4.78 is 1.38. The lowest BCUT2D eigenvalue weighted by atomic mass is 10.1. The van der Waals surface area contributed by atoms with Crippen LogP contribution < -0.4 is 5.73 Å². The second-order valence-electron chi connectivity index (χ2n) is 3.19. The van der Waals surface area contributed by atoms with Gasteiger partial charge in [-0.2, -0.15) is 0 Å². The molecule has 0 aliphatic carbocycles. The van der Waals surface area contributed by atoms with Gasteiger partial charge in [0.2, 0.25) is 0 Å². The first-order valence-electron chi connectivity index (χ1n) is 4.50. The molecule has 0 radical (unpaired) electrons. The molecule has 0 spiro atoms. The van der Waals surface area contributed by atoms with E-state index in [4.69, 9.17) is 5.73 Å². The maximum Gasteiger partial charge on any atom is 0.0348 e. The Hall–Kier alpha value is -0.860. The third kappa shape index (κ3) is 1.47. The molecule has 0 bridgehead atoms. The first-order chi connectivity index (χ1) is 6.33. The summed E-state index contributed by atoms with van der Waals surface area (Å²) in [5, 5.41) is 1.39. The first-order valence-corrected chi connectivity index (χ1v) is 5.31. The standard InChI is InChI=1S/C11H13NS/c1-8-9-4-2-3-5-11(9)13-10(8)6-7-12/h2-5H,6-7,12H2,1H3. The van der Waals surface area contributed by atoms with Crippen molar-refractivity contribution in [2.45, 2.75) is 13.3 Å². The van der Waals surface area contributed by atoms with Crippen molar-refractivity contribution >= 4 is 21.4 Å². The van der Waals surface area contributed by atoms with Gasteiger partial charge in [0.05, 0.1) is 0 Å². The summed E-state index contributed by atoms with van der Waals surface area (Å²) in [4.78, 5) is 1.43. The SMILES string of the molecule is Cc1c(CCN)sc2ccccc12. The molecule has 0 saturated carbocycles. The van der Waals surface area contributed by atoms with Crippen LogP contribution in [0.5, 0.6) is 0 Å². The van der Waals surface area contributed by atoms with Crippen molar-refractivity contribution in [2.75, 3.05) is 6.54 Å². The fourth-order valence-electron chi connectivity index (χ4n) is 1.59. The number of hydrogen-bond donors (Lipinski definition) is 1. The lowest BCUT2D eigenvalue weighted by Crippen LogP contribution is -2.01. The fraction of sp³-hybridized carbons (Fsp3) is 0.273. The Morgan fingerprint density at radius 3 is 2.77 bits per heavy atom. The summed E-state index contributed by atoms with van der Waals surface area (Å²) in [6.07, 6.45) is 1.01. The highest BCUT2D eigenvalue weighted by atomic mass is 32.1. The summed E-state index contributed by atoms with van der Waals surface area (Å²) in [5.74, 6) is 0. The summed E-state index contributed by atoms with van der Waals surface area (Å²) >= 11 is 1.87. The molecular weight excluding hydrogens is 178 g/mol. The predicted molar refractivity (Wildman–Crippen MR) is 59.3 cm³/mol. The Balaban J connectivity index is 2.60. The van der Waals surface area contributed by atoms with Crippen LogP contribution in [0.4, 0.5) is 0 Å². The van der Waals surface area contributed by atoms with Crippen LogP contribution in [-0.4, -0.2) is 6.54 Å². The average Bonchev–Trinajstić information content (AvgIpc) is 2.46. The van der Waals surface area contributed by atoms with E-state index in [1.54, 1.807) is 0 Å². The molecule has 0 aliphatic rings. The van der Waals surface area contributed by atoms with Gasteiger partial charge in [0, 0.05) is 9.58 Å². The fourth-order valence-corrected chi connectivity index (χ4v) is 2.82. The lowest BCUT2D eigenvalue weighted by molar-refractivity contribution is 0.981. The van der Waals surface area contributed by atoms with Crippen LogP contribution in [0.1, 0.15) is 10.4 Å². The first kappa shape index (κ1) is 8.73. The van der Waals surface area contributed by atoms with E-state index in [0.717, 1.165) is 13.0 Å². The van der Waals surface area contributed by atoms with Gasteiger partial charge in [0.15, 0.2) is 0 Å². The van der Waals surface area contributed by atoms with Gasteiger partial charge in [-0.25, -0.2) is 0 Å². The third-order valence-electron chi connectivity index (χ3n) is 2.31. The lowest BCUT2D eigenvalue weighted by Gasteiger charge is -1.94. The number of thiophene rings is 1. The summed E-state index contributed by atoms with van der Waals surface area (Å²) in [6.45, 7) is 2.93. The molecule has 1 nitrogen and oxygen atoms in total. The van der Waals surface area contributed by atoms with Crippen molar-refractivity contribution in [1.29, 1.82) is 0 Å². The molecule has 0 fully saturated rings. The van der Waals surface area contributed by atoms with E-state index >= 15 is 0 Å². The molecule has 0 unspecified atom stereocenters. The third-order valence-corrected chi connectivity index (χ3v) is 3.65. The smallest absolute Gasteiger partial charge is 0.0348 e. The Morgan fingerprint density at radius 2 is 2.08 bits per heavy atom. The van der Waals surface area contributed by atoms with Gasteiger partial charge in [0.1, 0.15) is 0 Å². The van der Waals surface area contributed by atoms with Gasteiger partial charge in [-0.1, -0.05) is 18.2 Å². The second kappa shape index (κ2) is 3.48. The minimum absolute atomic E-state index is 0.744. The van der Waals surface area contributed by atoms with Crippen LogP contribution in [0.3, 0.4) is 0 Å². The van der Waals surface area contributed by atoms with Crippen molar-refractivity contribution < 1.29 is 0 Å². The maximum absolute atomic E-state index is 5.56. The number of hydrogen-bond acceptors (Lipinski definition) is 2. The molecule has 1 heterocycles. The van der Waals surface area contributed by atoms with Crippen molar-refractivity contribution in [3.8, 4) is 0 Å². The monoisotopic (exact) mass is 191 g/mol. The normalized spacial score (nSPS) is 10.9. The summed E-state index contributed by atoms with van der Waals surface area (Å²) in [7, 11) is 0. The molecule has 2 N–H and O–H groups in total. The van der Waals surface area contributed by atoms with Gasteiger partial charge in [-0.3, -0.25) is 0 Å². The predicted octanol–water partition coefficient (Wildman–Crippen LogP) is 2.71. The molecule has 0 aliphatic heterocycles. The van der Waals surface area contributed by atoms with Gasteiger partial charge in [-0.15, -0.1) is 11.3 Å². The van der Waals surface area contributed by atoms with Crippen LogP contribution in [0.15, 0.2) is 24.3 Å². The highest BCUT2D eigenvalue weighted by Gasteiger charge is 2.05. The Morgan fingerprint density at radius 1 is 1.31 bits per heavy atom. The van der Waals surface area contributed by atoms with Crippen LogP contribution in [-0.2, 0) is 6.42 Å². The van der Waals surface area contributed by atoms with Crippen LogP contribution >= 0.6 is 11.3 Å². The summed E-state index contributed by atoms with van der Waals surface area (Å²) in [5.41, 5.74) is 6.97. The van der Waals surface area contributed by atoms with Crippen LogP contribution in [0.2, 0.25) is 0 Å². The van der Waals surface area contributed by atoms with E-state index in [-0.39, 0.29) is 0 Å². The molecule has 68 valence electrons. The molecule has 0 saturated heterocycles. The topological polar surface area (TPSA) is 26.0 Å². The number of rotatable bonds is 2. The highest BCUT2D eigenvalue weighted by Crippen LogP contribution is 2.30. The van der Waals surface area contributed by atoms with Crippen molar-refractivity contribution in [1.82, 2.24) is 0 Å². The van der Waals surface area contributed by atoms with E-state index in [1.165, 1.54) is 20.5 Å². The summed E-state index contributed by atoms with van der Waals surface area (Å²) in [6, 6.07) is 8.53. The second-order valence-corrected chi connectivity index (χ2v) is 4.32. The van der Waals surface area contributed by atoms with E-state index in [9.17, 15) is 0 Å². The molecule has 13 heavy (non-hydrogen) atoms. The molecule has 0 amide bonds. The number of nitrogens with two attached hydrogens (primary N) is 1. The van der Waals surface area contributed by atoms with Gasteiger partial charge in [0.25, 0.3) is 0 Å². The molecule has 2 heteroatoms. The van der Waals surface area contributed by atoms with E-state index in [1.807, 2.05) is 11.3 Å². The van der Waals surface area contributed by atoms with Crippen molar-refractivity contribution in [3.63, 3.8) is 0 Å². The Labute approximate surface area is 82.2 Å². The zero-order chi connectivity index (χ0) is 9.26. The molecule has 1 aromatic carbocycles. The maximum atomic E-state index is 5.56. The van der Waals surface area contributed by atoms with Crippen LogP contribution in [0, 0.1) is 6.92 Å². The van der Waals surface area contributed by atoms with E-state index in [2.05, 4.69) is 31.2 Å². The Bertz CT molecular complexity index is 417. The zero-order valence-corrected chi connectivity index (χ0v) is 8.53. The van der Waals surface area contributed by atoms with Gasteiger partial charge >= 0.3 is 0 Å². The van der Waals surface area contributed by atoms with E-state index < -0.39 is 0 Å². The average molecular weight is 191 g/mol. The molecule has 1 aromatic heterocycles. The highest BCUT2D eigenvalue weighted by molar-refractivity contribution is 7.19. The number of benzene rings is 1. The van der Waals surface area contributed by atoms with Crippen molar-refractivity contribution in [2.24, 2.45) is 5.73 Å². The Kier molecular flexibility index (Phi) is 2.34. The molecule has 2 rings (SSSR count). The van der Waals surface area contributed by atoms with Gasteiger partial charge in [-0.05, 0) is 36.9 Å². The number of fused-ring (bicyclic) bond motifs is 1. The quantitative estimate of drug-likeness (QED) is 0.776. The molecular formula is C11H13NS. The minimum atomic E-state index is 0.744. The van der Waals surface area contributed by atoms with Gasteiger partial charge < -0.3 is 5.73 Å². The van der Waals surface area contributed by atoms with Crippen LogP contribution in [0.25, 0.3) is 10.1 Å². The molecule has 0 atom stereocenters.